The highest BCUT2D eigenvalue weighted by atomic mass is 28.3. The van der Waals surface area contributed by atoms with Crippen molar-refractivity contribution in [2.45, 2.75) is 32.4 Å². The molecule has 1 rings (SSSR count). The second-order valence-electron chi connectivity index (χ2n) is 4.51. The molecule has 7 heteroatoms. The van der Waals surface area contributed by atoms with Crippen LogP contribution >= 0.6 is 0 Å². The fraction of sp³-hybridized carbons (Fsp3) is 0.750. The quantitative estimate of drug-likeness (QED) is 0.424. The summed E-state index contributed by atoms with van der Waals surface area (Å²) in [6.07, 6.45) is 1.31. The van der Waals surface area contributed by atoms with Crippen LogP contribution in [0.15, 0.2) is 11.4 Å². The number of hydrogen-bond acceptors (Lipinski definition) is 5. The third-order valence-electron chi connectivity index (χ3n) is 1.82. The third-order valence-corrected chi connectivity index (χ3v) is 3.53. The molecule has 0 radical (unpaired) electrons. The first kappa shape index (κ1) is 12.0. The first-order chi connectivity index (χ1) is 7.01. The summed E-state index contributed by atoms with van der Waals surface area (Å²) in [5.74, 6) is 0.0868. The maximum atomic E-state index is 10.1. The van der Waals surface area contributed by atoms with Crippen LogP contribution in [0.2, 0.25) is 25.7 Å². The molecule has 0 bridgehead atoms. The Balaban J connectivity index is 2.23. The molecule has 0 atom stereocenters. The monoisotopic (exact) mass is 228 g/mol. The molecule has 0 unspecified atom stereocenters. The van der Waals surface area contributed by atoms with Crippen molar-refractivity contribution in [3.63, 3.8) is 0 Å². The zero-order valence-corrected chi connectivity index (χ0v) is 10.3. The molecule has 0 amide bonds. The van der Waals surface area contributed by atoms with Gasteiger partial charge in [0.05, 0.1) is 6.20 Å². The van der Waals surface area contributed by atoms with E-state index in [0.717, 1.165) is 6.04 Å². The minimum Gasteiger partial charge on any atom is -0.358 e. The van der Waals surface area contributed by atoms with Crippen LogP contribution in [0.25, 0.3) is 0 Å². The summed E-state index contributed by atoms with van der Waals surface area (Å²) in [5.41, 5.74) is 0. The van der Waals surface area contributed by atoms with Gasteiger partial charge in [-0.1, -0.05) is 19.6 Å². The molecule has 84 valence electrons. The van der Waals surface area contributed by atoms with Crippen LogP contribution < -0.4 is 0 Å². The van der Waals surface area contributed by atoms with Gasteiger partial charge in [0.2, 0.25) is 5.82 Å². The van der Waals surface area contributed by atoms with Crippen molar-refractivity contribution in [2.75, 3.05) is 6.61 Å². The van der Waals surface area contributed by atoms with Crippen molar-refractivity contribution < 1.29 is 4.74 Å². The van der Waals surface area contributed by atoms with E-state index in [1.165, 1.54) is 11.0 Å². The molecule has 0 N–H and O–H groups in total. The molecule has 0 spiro atoms. The Kier molecular flexibility index (Phi) is 4.10. The third kappa shape index (κ3) is 4.80. The average Bonchev–Trinajstić information content (AvgIpc) is 2.59. The first-order valence-electron chi connectivity index (χ1n) is 4.82. The van der Waals surface area contributed by atoms with Crippen LogP contribution in [0.4, 0.5) is 5.82 Å². The second-order valence-corrected chi connectivity index (χ2v) is 10.1. The lowest BCUT2D eigenvalue weighted by atomic mass is 10.8. The lowest BCUT2D eigenvalue weighted by Gasteiger charge is -2.14. The molecule has 1 aromatic heterocycles. The zero-order chi connectivity index (χ0) is 11.3. The Morgan fingerprint density at radius 2 is 2.27 bits per heavy atom. The summed E-state index contributed by atoms with van der Waals surface area (Å²) < 4.78 is 5.38. The normalized spacial score (nSPS) is 11.7. The van der Waals surface area contributed by atoms with Gasteiger partial charge in [-0.25, -0.2) is 0 Å². The number of rotatable bonds is 6. The highest BCUT2D eigenvalue weighted by Gasteiger charge is 2.12. The molecule has 0 saturated carbocycles. The predicted molar refractivity (Wildman–Crippen MR) is 59.6 cm³/mol. The van der Waals surface area contributed by atoms with Crippen LogP contribution in [-0.4, -0.2) is 29.7 Å². The summed E-state index contributed by atoms with van der Waals surface area (Å²) in [5, 5.41) is 10.3. The fourth-order valence-electron chi connectivity index (χ4n) is 0.917. The lowest BCUT2D eigenvalue weighted by Crippen LogP contribution is -2.22. The van der Waals surface area contributed by atoms with Gasteiger partial charge < -0.3 is 4.74 Å². The van der Waals surface area contributed by atoms with Crippen LogP contribution in [0, 0.1) is 4.91 Å². The topological polar surface area (TPSA) is 69.4 Å². The van der Waals surface area contributed by atoms with E-state index in [2.05, 4.69) is 35.0 Å². The Bertz CT molecular complexity index is 321. The van der Waals surface area contributed by atoms with E-state index in [-0.39, 0.29) is 12.5 Å². The number of nitroso groups, excluding NO2 is 1. The number of hydrogen-bond donors (Lipinski definition) is 0. The highest BCUT2D eigenvalue weighted by Crippen LogP contribution is 2.08. The van der Waals surface area contributed by atoms with Crippen molar-refractivity contribution in [2.24, 2.45) is 5.18 Å². The van der Waals surface area contributed by atoms with Gasteiger partial charge in [0.1, 0.15) is 0 Å². The number of nitrogens with zero attached hydrogens (tertiary/aromatic N) is 4. The molecule has 0 aliphatic rings. The van der Waals surface area contributed by atoms with Gasteiger partial charge in [0.15, 0.2) is 6.73 Å². The van der Waals surface area contributed by atoms with E-state index in [0.29, 0.717) is 6.61 Å². The Morgan fingerprint density at radius 1 is 1.53 bits per heavy atom. The molecule has 15 heavy (non-hydrogen) atoms. The molecule has 0 aromatic carbocycles. The summed E-state index contributed by atoms with van der Waals surface area (Å²) in [6, 6.07) is 1.10. The summed E-state index contributed by atoms with van der Waals surface area (Å²) in [6.45, 7) is 7.85. The Labute approximate surface area is 89.6 Å². The smallest absolute Gasteiger partial charge is 0.237 e. The Morgan fingerprint density at radius 3 is 2.80 bits per heavy atom. The molecular formula is C8H16N4O2Si. The molecule has 1 aromatic rings. The lowest BCUT2D eigenvalue weighted by molar-refractivity contribution is 0.0686. The van der Waals surface area contributed by atoms with E-state index in [1.54, 1.807) is 0 Å². The van der Waals surface area contributed by atoms with Crippen LogP contribution in [0.1, 0.15) is 0 Å². The van der Waals surface area contributed by atoms with Gasteiger partial charge in [-0.15, -0.1) is 10.0 Å². The molecular weight excluding hydrogens is 212 g/mol. The van der Waals surface area contributed by atoms with Gasteiger partial charge in [0, 0.05) is 14.7 Å². The molecule has 6 nitrogen and oxygen atoms in total. The van der Waals surface area contributed by atoms with Gasteiger partial charge in [-0.3, -0.25) is 0 Å². The highest BCUT2D eigenvalue weighted by molar-refractivity contribution is 6.76. The van der Waals surface area contributed by atoms with E-state index in [4.69, 9.17) is 4.74 Å². The Hall–Kier alpha value is -1.08. The number of ether oxygens (including phenoxy) is 1. The van der Waals surface area contributed by atoms with Gasteiger partial charge in [-0.05, 0) is 11.2 Å². The van der Waals surface area contributed by atoms with E-state index >= 15 is 0 Å². The molecule has 0 saturated heterocycles. The maximum absolute atomic E-state index is 10.1. The SMILES string of the molecule is C[Si](C)(C)CCOCn1ncc(N=O)n1. The maximum Gasteiger partial charge on any atom is 0.237 e. The second kappa shape index (κ2) is 5.13. The van der Waals surface area contributed by atoms with Gasteiger partial charge in [0.25, 0.3) is 0 Å². The minimum atomic E-state index is -1.04. The molecule has 0 fully saturated rings. The van der Waals surface area contributed by atoms with Crippen LogP contribution in [0.3, 0.4) is 0 Å². The summed E-state index contributed by atoms with van der Waals surface area (Å²) in [4.78, 5) is 11.4. The van der Waals surface area contributed by atoms with Crippen LogP contribution in [-0.2, 0) is 11.5 Å². The van der Waals surface area contributed by atoms with Crippen molar-refractivity contribution in [3.05, 3.63) is 11.1 Å². The predicted octanol–water partition coefficient (Wildman–Crippen LogP) is 1.99. The summed E-state index contributed by atoms with van der Waals surface area (Å²) >= 11 is 0. The zero-order valence-electron chi connectivity index (χ0n) is 9.30. The number of aromatic nitrogens is 3. The van der Waals surface area contributed by atoms with Crippen LogP contribution in [0.5, 0.6) is 0 Å². The van der Waals surface area contributed by atoms with Crippen molar-refractivity contribution in [3.8, 4) is 0 Å². The largest absolute Gasteiger partial charge is 0.358 e. The van der Waals surface area contributed by atoms with Crippen molar-refractivity contribution >= 4 is 13.9 Å². The minimum absolute atomic E-state index is 0.0868. The van der Waals surface area contributed by atoms with Crippen molar-refractivity contribution in [1.29, 1.82) is 0 Å². The van der Waals surface area contributed by atoms with Crippen molar-refractivity contribution in [1.82, 2.24) is 15.0 Å². The molecule has 0 aliphatic carbocycles. The van der Waals surface area contributed by atoms with Gasteiger partial charge in [-0.2, -0.15) is 9.90 Å². The van der Waals surface area contributed by atoms with E-state index < -0.39 is 8.07 Å². The fourth-order valence-corrected chi connectivity index (χ4v) is 1.67. The van der Waals surface area contributed by atoms with E-state index in [9.17, 15) is 4.91 Å². The van der Waals surface area contributed by atoms with Gasteiger partial charge >= 0.3 is 0 Å². The molecule has 1 heterocycles. The first-order valence-corrected chi connectivity index (χ1v) is 8.53. The summed E-state index contributed by atoms with van der Waals surface area (Å²) in [7, 11) is -1.04. The van der Waals surface area contributed by atoms with E-state index in [1.807, 2.05) is 0 Å². The molecule has 0 aliphatic heterocycles. The average molecular weight is 228 g/mol. The standard InChI is InChI=1S/C8H16N4O2Si/c1-15(2,3)5-4-14-7-12-9-6-8(10-12)11-13/h6H,4-5,7H2,1-3H3.